The highest BCUT2D eigenvalue weighted by Crippen LogP contribution is 2.48. The highest BCUT2D eigenvalue weighted by Gasteiger charge is 2.40. The van der Waals surface area contributed by atoms with E-state index in [9.17, 15) is 19.2 Å². The van der Waals surface area contributed by atoms with Crippen LogP contribution in [0.15, 0.2) is 60.7 Å². The van der Waals surface area contributed by atoms with Crippen molar-refractivity contribution in [2.75, 3.05) is 40.1 Å². The number of hydrogen-bond donors (Lipinski definition) is 4. The molecule has 4 unspecified atom stereocenters. The first-order valence-corrected chi connectivity index (χ1v) is 20.9. The van der Waals surface area contributed by atoms with Gasteiger partial charge in [-0.1, -0.05) is 45.0 Å². The van der Waals surface area contributed by atoms with Crippen molar-refractivity contribution in [3.05, 3.63) is 77.4 Å². The highest BCUT2D eigenvalue weighted by atomic mass is 16.6. The van der Waals surface area contributed by atoms with Gasteiger partial charge in [0.05, 0.1) is 34.8 Å². The first kappa shape index (κ1) is 43.1. The first-order valence-electron chi connectivity index (χ1n) is 20.9. The molecule has 6 N–H and O–H groups in total. The van der Waals surface area contributed by atoms with Crippen LogP contribution in [0.2, 0.25) is 0 Å². The maximum atomic E-state index is 13.5. The normalized spacial score (nSPS) is 21.1. The van der Waals surface area contributed by atoms with Crippen LogP contribution in [0.1, 0.15) is 130 Å². The Labute approximate surface area is 349 Å². The summed E-state index contributed by atoms with van der Waals surface area (Å²) >= 11 is 0. The van der Waals surface area contributed by atoms with Gasteiger partial charge in [-0.25, -0.2) is 9.59 Å². The van der Waals surface area contributed by atoms with Gasteiger partial charge in [-0.05, 0) is 139 Å². The SMILES string of the molecule is CC(C)(C)OC(=O)N1CCCC1C(=O)Nc1ccc(C2CCC(c3ccc(NC(=O)C4CCCN4C(=O)OC(C)(C)C)c(N)c3)N2c2ccc(C(C)(C)C)cc2)cc1N. The third-order valence-corrected chi connectivity index (χ3v) is 11.2. The molecule has 13 nitrogen and oxygen atoms in total. The van der Waals surface area contributed by atoms with Gasteiger partial charge in [0.2, 0.25) is 11.8 Å². The molecular weight excluding hydrogens is 747 g/mol. The molecule has 6 rings (SSSR count). The maximum Gasteiger partial charge on any atom is 0.410 e. The minimum atomic E-state index is -0.667. The molecule has 0 radical (unpaired) electrons. The quantitative estimate of drug-likeness (QED) is 0.170. The summed E-state index contributed by atoms with van der Waals surface area (Å²) < 4.78 is 11.1. The molecule has 13 heteroatoms. The van der Waals surface area contributed by atoms with Crippen LogP contribution >= 0.6 is 0 Å². The number of nitrogens with two attached hydrogens (primary N) is 2. The molecule has 0 aromatic heterocycles. The molecule has 318 valence electrons. The van der Waals surface area contributed by atoms with Crippen LogP contribution in [0.5, 0.6) is 0 Å². The topological polar surface area (TPSA) is 173 Å². The van der Waals surface area contributed by atoms with Gasteiger partial charge in [-0.2, -0.15) is 0 Å². The lowest BCUT2D eigenvalue weighted by atomic mass is 9.87. The third-order valence-electron chi connectivity index (χ3n) is 11.2. The Balaban J connectivity index is 1.22. The van der Waals surface area contributed by atoms with E-state index in [4.69, 9.17) is 20.9 Å². The van der Waals surface area contributed by atoms with E-state index in [2.05, 4.69) is 60.6 Å². The van der Waals surface area contributed by atoms with Gasteiger partial charge in [0.1, 0.15) is 23.3 Å². The van der Waals surface area contributed by atoms with E-state index in [0.717, 1.165) is 29.7 Å². The van der Waals surface area contributed by atoms with Crippen molar-refractivity contribution in [2.24, 2.45) is 0 Å². The van der Waals surface area contributed by atoms with Gasteiger partial charge >= 0.3 is 12.2 Å². The van der Waals surface area contributed by atoms with E-state index in [1.807, 2.05) is 77.9 Å². The average Bonchev–Trinajstić information content (AvgIpc) is 3.92. The van der Waals surface area contributed by atoms with E-state index in [-0.39, 0.29) is 29.3 Å². The van der Waals surface area contributed by atoms with Gasteiger partial charge in [-0.15, -0.1) is 0 Å². The fourth-order valence-corrected chi connectivity index (χ4v) is 8.35. The summed E-state index contributed by atoms with van der Waals surface area (Å²) in [5.41, 5.74) is 18.1. The van der Waals surface area contributed by atoms with Crippen LogP contribution in [0.25, 0.3) is 0 Å². The molecule has 0 bridgehead atoms. The van der Waals surface area contributed by atoms with Crippen molar-refractivity contribution in [3.63, 3.8) is 0 Å². The minimum absolute atomic E-state index is 0.0172. The van der Waals surface area contributed by atoms with Crippen molar-refractivity contribution < 1.29 is 28.7 Å². The molecular formula is C46H63N7O6. The fraction of sp³-hybridized carbons (Fsp3) is 0.522. The van der Waals surface area contributed by atoms with Crippen molar-refractivity contribution in [1.29, 1.82) is 0 Å². The summed E-state index contributed by atoms with van der Waals surface area (Å²) in [4.78, 5) is 58.2. The largest absolute Gasteiger partial charge is 0.444 e. The number of nitrogen functional groups attached to an aromatic ring is 2. The third kappa shape index (κ3) is 10.1. The van der Waals surface area contributed by atoms with E-state index in [0.29, 0.717) is 61.5 Å². The first-order chi connectivity index (χ1) is 27.6. The lowest BCUT2D eigenvalue weighted by Crippen LogP contribution is -2.45. The van der Waals surface area contributed by atoms with Crippen molar-refractivity contribution in [3.8, 4) is 0 Å². The second-order valence-corrected chi connectivity index (χ2v) is 19.1. The van der Waals surface area contributed by atoms with Crippen LogP contribution in [-0.2, 0) is 24.5 Å². The molecule has 4 atom stereocenters. The molecule has 3 aromatic carbocycles. The summed E-state index contributed by atoms with van der Waals surface area (Å²) in [5.74, 6) is -0.592. The van der Waals surface area contributed by atoms with E-state index < -0.39 is 35.5 Å². The predicted molar refractivity (Wildman–Crippen MR) is 233 cm³/mol. The average molecular weight is 810 g/mol. The fourth-order valence-electron chi connectivity index (χ4n) is 8.35. The number of hydrogen-bond acceptors (Lipinski definition) is 9. The van der Waals surface area contributed by atoms with Gasteiger partial charge in [-0.3, -0.25) is 19.4 Å². The molecule has 3 aliphatic heterocycles. The number of nitrogens with one attached hydrogen (secondary N) is 2. The van der Waals surface area contributed by atoms with Gasteiger partial charge in [0.25, 0.3) is 0 Å². The van der Waals surface area contributed by atoms with Crippen molar-refractivity contribution >= 4 is 52.4 Å². The monoisotopic (exact) mass is 809 g/mol. The minimum Gasteiger partial charge on any atom is -0.444 e. The number of anilines is 5. The standard InChI is InChI=1S/C46H63N7O6/c1-44(2,3)30-16-18-31(19-17-30)53-36(28-14-20-34(32(47)26-28)49-40(54)38-12-10-24-51(38)42(56)58-45(4,5)6)22-23-37(53)29-15-21-35(33(48)27-29)50-41(55)39-13-11-25-52(39)43(57)59-46(7,8)9/h14-21,26-27,36-39H,10-13,22-25,47-48H2,1-9H3,(H,49,54)(H,50,55). The summed E-state index contributed by atoms with van der Waals surface area (Å²) in [6.07, 6.45) is 3.15. The summed E-state index contributed by atoms with van der Waals surface area (Å²) in [7, 11) is 0. The van der Waals surface area contributed by atoms with Crippen LogP contribution in [0, 0.1) is 0 Å². The second-order valence-electron chi connectivity index (χ2n) is 19.1. The summed E-state index contributed by atoms with van der Waals surface area (Å²) in [6.45, 7) is 18.3. The van der Waals surface area contributed by atoms with Crippen LogP contribution in [0.4, 0.5) is 38.0 Å². The number of ether oxygens (including phenoxy) is 2. The van der Waals surface area contributed by atoms with E-state index in [1.54, 1.807) is 0 Å². The lowest BCUT2D eigenvalue weighted by Gasteiger charge is -2.34. The molecule has 4 amide bonds. The summed E-state index contributed by atoms with van der Waals surface area (Å²) in [6, 6.07) is 18.8. The number of rotatable bonds is 7. The predicted octanol–water partition coefficient (Wildman–Crippen LogP) is 8.91. The molecule has 59 heavy (non-hydrogen) atoms. The summed E-state index contributed by atoms with van der Waals surface area (Å²) in [5, 5.41) is 5.96. The Bertz CT molecular complexity index is 1930. The number of benzene rings is 3. The zero-order valence-electron chi connectivity index (χ0n) is 36.2. The second kappa shape index (κ2) is 16.7. The number of likely N-dealkylation sites (tertiary alicyclic amines) is 2. The highest BCUT2D eigenvalue weighted by molar-refractivity contribution is 6.00. The molecule has 3 aliphatic rings. The van der Waals surface area contributed by atoms with Crippen molar-refractivity contribution in [2.45, 2.75) is 142 Å². The lowest BCUT2D eigenvalue weighted by molar-refractivity contribution is -0.121. The van der Waals surface area contributed by atoms with Gasteiger partial charge < -0.3 is 36.5 Å². The Morgan fingerprint density at radius 3 is 1.36 bits per heavy atom. The van der Waals surface area contributed by atoms with Crippen LogP contribution in [-0.4, -0.2) is 70.2 Å². The van der Waals surface area contributed by atoms with E-state index in [1.165, 1.54) is 15.4 Å². The Kier molecular flexibility index (Phi) is 12.2. The van der Waals surface area contributed by atoms with Crippen LogP contribution in [0.3, 0.4) is 0 Å². The van der Waals surface area contributed by atoms with Crippen LogP contribution < -0.4 is 27.0 Å². The Morgan fingerprint density at radius 2 is 1.00 bits per heavy atom. The Hall–Kier alpha value is -5.46. The van der Waals surface area contributed by atoms with Gasteiger partial charge in [0.15, 0.2) is 0 Å². The molecule has 3 fully saturated rings. The molecule has 3 saturated heterocycles. The van der Waals surface area contributed by atoms with Crippen molar-refractivity contribution in [1.82, 2.24) is 9.80 Å². The molecule has 0 saturated carbocycles. The van der Waals surface area contributed by atoms with Gasteiger partial charge in [0, 0.05) is 18.8 Å². The molecule has 3 aromatic rings. The Morgan fingerprint density at radius 1 is 0.593 bits per heavy atom. The smallest absolute Gasteiger partial charge is 0.410 e. The molecule has 0 spiro atoms. The molecule has 3 heterocycles. The van der Waals surface area contributed by atoms with E-state index >= 15 is 0 Å². The number of carbonyl (C=O) groups excluding carboxylic acids is 4. The zero-order valence-corrected chi connectivity index (χ0v) is 36.2. The molecule has 0 aliphatic carbocycles. The zero-order chi connectivity index (χ0) is 43.0. The number of amides is 4. The number of carbonyl (C=O) groups is 4. The number of nitrogens with zero attached hydrogens (tertiary/aromatic N) is 3. The maximum absolute atomic E-state index is 13.5.